The maximum absolute atomic E-state index is 13.9. The van der Waals surface area contributed by atoms with E-state index in [0.29, 0.717) is 18.5 Å². The molecule has 0 aliphatic carbocycles. The van der Waals surface area contributed by atoms with Crippen LogP contribution < -0.4 is 4.72 Å². The first-order chi connectivity index (χ1) is 12.7. The lowest BCUT2D eigenvalue weighted by Crippen LogP contribution is -2.46. The molecule has 1 amide bonds. The molecule has 0 saturated carbocycles. The number of aromatic nitrogens is 1. The number of piperidine rings is 1. The number of carbonyl (C=O) groups is 1. The van der Waals surface area contributed by atoms with Gasteiger partial charge in [0.05, 0.1) is 10.6 Å². The molecule has 1 aliphatic heterocycles. The molecule has 3 rings (SSSR count). The second kappa shape index (κ2) is 7.57. The number of benzene rings is 1. The minimum absolute atomic E-state index is 0.0409. The molecule has 10 heteroatoms. The highest BCUT2D eigenvalue weighted by molar-refractivity contribution is 7.89. The highest BCUT2D eigenvalue weighted by Crippen LogP contribution is 2.24. The number of halogens is 2. The van der Waals surface area contributed by atoms with Crippen molar-refractivity contribution in [2.24, 2.45) is 0 Å². The Bertz CT molecular complexity index is 929. The van der Waals surface area contributed by atoms with Gasteiger partial charge in [-0.25, -0.2) is 17.5 Å². The van der Waals surface area contributed by atoms with Gasteiger partial charge in [0.25, 0.3) is 5.91 Å². The predicted molar refractivity (Wildman–Crippen MR) is 96.6 cm³/mol. The Morgan fingerprint density at radius 1 is 1.33 bits per heavy atom. The van der Waals surface area contributed by atoms with Crippen LogP contribution in [0.15, 0.2) is 27.6 Å². The fraction of sp³-hybridized carbons (Fsp3) is 0.412. The third-order valence-electron chi connectivity index (χ3n) is 4.52. The minimum Gasteiger partial charge on any atom is -0.360 e. The molecule has 0 atom stereocenters. The van der Waals surface area contributed by atoms with Gasteiger partial charge in [0.2, 0.25) is 10.0 Å². The van der Waals surface area contributed by atoms with Gasteiger partial charge in [-0.2, -0.15) is 0 Å². The molecule has 146 valence electrons. The fourth-order valence-electron chi connectivity index (χ4n) is 3.20. The van der Waals surface area contributed by atoms with Crippen molar-refractivity contribution in [1.29, 1.82) is 0 Å². The smallest absolute Gasteiger partial charge is 0.258 e. The molecule has 27 heavy (non-hydrogen) atoms. The second-order valence-corrected chi connectivity index (χ2v) is 8.50. The summed E-state index contributed by atoms with van der Waals surface area (Å²) in [6, 6.07) is 3.74. The molecule has 7 nitrogen and oxygen atoms in total. The molecule has 0 spiro atoms. The molecule has 2 aromatic rings. The Labute approximate surface area is 161 Å². The summed E-state index contributed by atoms with van der Waals surface area (Å²) in [5.41, 5.74) is 0.135. The van der Waals surface area contributed by atoms with E-state index >= 15 is 0 Å². The first-order valence-electron chi connectivity index (χ1n) is 8.39. The maximum atomic E-state index is 13.9. The van der Waals surface area contributed by atoms with Crippen LogP contribution >= 0.6 is 11.6 Å². The molecule has 0 unspecified atom stereocenters. The predicted octanol–water partition coefficient (Wildman–Crippen LogP) is 2.67. The topological polar surface area (TPSA) is 92.5 Å². The monoisotopic (exact) mass is 415 g/mol. The molecule has 1 aliphatic rings. The van der Waals surface area contributed by atoms with Gasteiger partial charge in [-0.05, 0) is 38.8 Å². The number of hydrogen-bond acceptors (Lipinski definition) is 5. The van der Waals surface area contributed by atoms with Gasteiger partial charge in [-0.1, -0.05) is 22.8 Å². The Kier molecular flexibility index (Phi) is 5.55. The number of sulfonamides is 1. The van der Waals surface area contributed by atoms with E-state index < -0.39 is 21.7 Å². The third-order valence-corrected chi connectivity index (χ3v) is 6.60. The van der Waals surface area contributed by atoms with Crippen LogP contribution in [0.25, 0.3) is 0 Å². The average molecular weight is 416 g/mol. The molecular weight excluding hydrogens is 397 g/mol. The molecule has 1 saturated heterocycles. The van der Waals surface area contributed by atoms with Crippen molar-refractivity contribution in [2.45, 2.75) is 37.6 Å². The summed E-state index contributed by atoms with van der Waals surface area (Å²) in [6.45, 7) is 3.68. The Morgan fingerprint density at radius 3 is 2.56 bits per heavy atom. The van der Waals surface area contributed by atoms with Crippen LogP contribution in [0.2, 0.25) is 5.02 Å². The van der Waals surface area contributed by atoms with Crippen molar-refractivity contribution in [3.63, 3.8) is 0 Å². The van der Waals surface area contributed by atoms with Crippen LogP contribution in [-0.2, 0) is 10.0 Å². The van der Waals surface area contributed by atoms with Gasteiger partial charge in [-0.15, -0.1) is 0 Å². The average Bonchev–Trinajstić information content (AvgIpc) is 2.94. The lowest BCUT2D eigenvalue weighted by Gasteiger charge is -2.32. The van der Waals surface area contributed by atoms with E-state index in [4.69, 9.17) is 16.1 Å². The SMILES string of the molecule is Cc1noc(C)c1S(=O)(=O)NC1CCN(C(=O)c2c(F)cccc2Cl)CC1. The lowest BCUT2D eigenvalue weighted by molar-refractivity contribution is 0.0707. The largest absolute Gasteiger partial charge is 0.360 e. The van der Waals surface area contributed by atoms with Crippen LogP contribution in [0.5, 0.6) is 0 Å². The fourth-order valence-corrected chi connectivity index (χ4v) is 5.08. The number of carbonyl (C=O) groups excluding carboxylic acids is 1. The molecular formula is C17H19ClFN3O4S. The van der Waals surface area contributed by atoms with Crippen LogP contribution in [0.1, 0.15) is 34.7 Å². The van der Waals surface area contributed by atoms with Gasteiger partial charge < -0.3 is 9.42 Å². The standard InChI is InChI=1S/C17H19ClFN3O4S/c1-10-16(11(2)26-20-10)27(24,25)21-12-6-8-22(9-7-12)17(23)15-13(18)4-3-5-14(15)19/h3-5,12,21H,6-9H2,1-2H3. The number of rotatable bonds is 4. The summed E-state index contributed by atoms with van der Waals surface area (Å²) < 4.78 is 46.6. The van der Waals surface area contributed by atoms with Crippen LogP contribution in [0.4, 0.5) is 4.39 Å². The lowest BCUT2D eigenvalue weighted by atomic mass is 10.0. The van der Waals surface area contributed by atoms with E-state index in [1.807, 2.05) is 0 Å². The first kappa shape index (κ1) is 19.8. The van der Waals surface area contributed by atoms with Gasteiger partial charge >= 0.3 is 0 Å². The zero-order valence-corrected chi connectivity index (χ0v) is 16.4. The first-order valence-corrected chi connectivity index (χ1v) is 10.3. The molecule has 0 radical (unpaired) electrons. The molecule has 1 N–H and O–H groups in total. The van der Waals surface area contributed by atoms with E-state index in [0.717, 1.165) is 0 Å². The molecule has 0 bridgehead atoms. The third kappa shape index (κ3) is 3.99. The number of likely N-dealkylation sites (tertiary alicyclic amines) is 1. The maximum Gasteiger partial charge on any atom is 0.258 e. The van der Waals surface area contributed by atoms with Crippen molar-refractivity contribution in [2.75, 3.05) is 13.1 Å². The quantitative estimate of drug-likeness (QED) is 0.828. The Hall–Kier alpha value is -1.97. The summed E-state index contributed by atoms with van der Waals surface area (Å²) in [7, 11) is -3.77. The molecule has 1 fully saturated rings. The van der Waals surface area contributed by atoms with E-state index in [9.17, 15) is 17.6 Å². The summed E-state index contributed by atoms with van der Waals surface area (Å²) in [6.07, 6.45) is 0.806. The van der Waals surface area contributed by atoms with Gasteiger partial charge in [0.15, 0.2) is 5.76 Å². The Morgan fingerprint density at radius 2 is 2.00 bits per heavy atom. The van der Waals surface area contributed by atoms with Crippen LogP contribution in [-0.4, -0.2) is 43.5 Å². The van der Waals surface area contributed by atoms with E-state index in [2.05, 4.69) is 9.88 Å². The molecule has 2 heterocycles. The number of hydrogen-bond donors (Lipinski definition) is 1. The van der Waals surface area contributed by atoms with Crippen molar-refractivity contribution >= 4 is 27.5 Å². The van der Waals surface area contributed by atoms with Crippen molar-refractivity contribution in [1.82, 2.24) is 14.8 Å². The van der Waals surface area contributed by atoms with Gasteiger partial charge in [-0.3, -0.25) is 4.79 Å². The zero-order valence-electron chi connectivity index (χ0n) is 14.8. The van der Waals surface area contributed by atoms with Crippen LogP contribution in [0, 0.1) is 19.7 Å². The number of nitrogens with zero attached hydrogens (tertiary/aromatic N) is 2. The number of amides is 1. The van der Waals surface area contributed by atoms with Crippen molar-refractivity contribution < 1.29 is 22.1 Å². The van der Waals surface area contributed by atoms with Gasteiger partial charge in [0.1, 0.15) is 16.4 Å². The number of nitrogens with one attached hydrogen (secondary N) is 1. The summed E-state index contributed by atoms with van der Waals surface area (Å²) >= 11 is 5.95. The van der Waals surface area contributed by atoms with Crippen molar-refractivity contribution in [3.05, 3.63) is 46.1 Å². The zero-order chi connectivity index (χ0) is 19.8. The summed E-state index contributed by atoms with van der Waals surface area (Å²) in [4.78, 5) is 14.1. The van der Waals surface area contributed by atoms with E-state index in [1.54, 1.807) is 6.92 Å². The van der Waals surface area contributed by atoms with E-state index in [-0.39, 0.29) is 40.4 Å². The normalized spacial score (nSPS) is 15.9. The second-order valence-electron chi connectivity index (χ2n) is 6.44. The Balaban J connectivity index is 1.67. The van der Waals surface area contributed by atoms with E-state index in [1.165, 1.54) is 30.0 Å². The highest BCUT2D eigenvalue weighted by Gasteiger charge is 2.31. The number of aryl methyl sites for hydroxylation is 2. The van der Waals surface area contributed by atoms with Crippen molar-refractivity contribution in [3.8, 4) is 0 Å². The summed E-state index contributed by atoms with van der Waals surface area (Å²) in [5.74, 6) is -0.944. The highest BCUT2D eigenvalue weighted by atomic mass is 35.5. The van der Waals surface area contributed by atoms with Gasteiger partial charge in [0, 0.05) is 19.1 Å². The molecule has 1 aromatic heterocycles. The van der Waals surface area contributed by atoms with Crippen LogP contribution in [0.3, 0.4) is 0 Å². The molecule has 1 aromatic carbocycles. The summed E-state index contributed by atoms with van der Waals surface area (Å²) in [5, 5.41) is 3.72. The minimum atomic E-state index is -3.77.